The van der Waals surface area contributed by atoms with E-state index in [4.69, 9.17) is 17.3 Å². The van der Waals surface area contributed by atoms with E-state index in [0.29, 0.717) is 22.3 Å². The zero-order valence-corrected chi connectivity index (χ0v) is 13.8. The minimum atomic E-state index is 0.463. The Hall–Kier alpha value is -2.79. The maximum atomic E-state index is 6.17. The van der Waals surface area contributed by atoms with Crippen LogP contribution in [-0.2, 0) is 6.42 Å². The van der Waals surface area contributed by atoms with Gasteiger partial charge in [-0.25, -0.2) is 9.97 Å². The van der Waals surface area contributed by atoms with Crippen molar-refractivity contribution in [2.24, 2.45) is 0 Å². The van der Waals surface area contributed by atoms with Gasteiger partial charge in [0.05, 0.1) is 10.7 Å². The molecule has 3 rings (SSSR count). The zero-order chi connectivity index (χ0) is 16.8. The monoisotopic (exact) mass is 339 g/mol. The van der Waals surface area contributed by atoms with E-state index < -0.39 is 0 Å². The normalized spacial score (nSPS) is 10.4. The van der Waals surface area contributed by atoms with Crippen LogP contribution in [0.1, 0.15) is 5.56 Å². The molecule has 0 aliphatic heterocycles. The highest BCUT2D eigenvalue weighted by atomic mass is 35.5. The van der Waals surface area contributed by atoms with E-state index in [9.17, 15) is 0 Å². The first-order valence-electron chi connectivity index (χ1n) is 7.64. The Labute approximate surface area is 145 Å². The quantitative estimate of drug-likeness (QED) is 0.630. The molecule has 1 aromatic heterocycles. The second-order valence-corrected chi connectivity index (χ2v) is 5.66. The lowest BCUT2D eigenvalue weighted by molar-refractivity contribution is 1.00. The first-order chi connectivity index (χ1) is 11.7. The van der Waals surface area contributed by atoms with Crippen LogP contribution >= 0.6 is 11.6 Å². The van der Waals surface area contributed by atoms with E-state index >= 15 is 0 Å². The third kappa shape index (κ3) is 3.94. The summed E-state index contributed by atoms with van der Waals surface area (Å²) in [4.78, 5) is 8.41. The van der Waals surface area contributed by atoms with E-state index in [2.05, 4.69) is 32.7 Å². The minimum absolute atomic E-state index is 0.463. The molecule has 0 radical (unpaired) electrons. The van der Waals surface area contributed by atoms with Crippen molar-refractivity contribution in [3.05, 3.63) is 71.5 Å². The maximum absolute atomic E-state index is 6.17. The number of nitrogen functional groups attached to an aromatic ring is 1. The molecule has 0 aliphatic rings. The fraction of sp³-hybridized carbons (Fsp3) is 0.111. The minimum Gasteiger partial charge on any atom is -0.393 e. The molecule has 2 aromatic carbocycles. The molecule has 1 heterocycles. The van der Waals surface area contributed by atoms with Gasteiger partial charge in [0, 0.05) is 6.54 Å². The summed E-state index contributed by atoms with van der Waals surface area (Å²) < 4.78 is 0. The molecule has 6 heteroatoms. The Morgan fingerprint density at radius 1 is 0.917 bits per heavy atom. The number of nitrogens with two attached hydrogens (primary N) is 1. The lowest BCUT2D eigenvalue weighted by Gasteiger charge is -2.13. The average molecular weight is 340 g/mol. The summed E-state index contributed by atoms with van der Waals surface area (Å²) in [6.07, 6.45) is 2.36. The second-order valence-electron chi connectivity index (χ2n) is 5.25. The van der Waals surface area contributed by atoms with Gasteiger partial charge in [-0.2, -0.15) is 0 Å². The van der Waals surface area contributed by atoms with Crippen LogP contribution in [0.3, 0.4) is 0 Å². The summed E-state index contributed by atoms with van der Waals surface area (Å²) in [5.41, 5.74) is 8.64. The van der Waals surface area contributed by atoms with Gasteiger partial charge >= 0.3 is 0 Å². The zero-order valence-electron chi connectivity index (χ0n) is 13.0. The number of nitrogens with zero attached hydrogens (tertiary/aromatic N) is 2. The molecule has 0 bridgehead atoms. The molecule has 4 N–H and O–H groups in total. The van der Waals surface area contributed by atoms with Crippen LogP contribution in [0.15, 0.2) is 60.9 Å². The van der Waals surface area contributed by atoms with E-state index in [1.54, 1.807) is 6.07 Å². The van der Waals surface area contributed by atoms with Crippen molar-refractivity contribution in [1.29, 1.82) is 0 Å². The molecule has 0 spiro atoms. The second kappa shape index (κ2) is 7.66. The highest BCUT2D eigenvalue weighted by molar-refractivity contribution is 6.33. The summed E-state index contributed by atoms with van der Waals surface area (Å²) in [7, 11) is 0. The maximum Gasteiger partial charge on any atom is 0.159 e. The Morgan fingerprint density at radius 2 is 1.62 bits per heavy atom. The van der Waals surface area contributed by atoms with Crippen molar-refractivity contribution in [3.63, 3.8) is 0 Å². The number of hydrogen-bond donors (Lipinski definition) is 3. The molecule has 5 nitrogen and oxygen atoms in total. The van der Waals surface area contributed by atoms with Crippen molar-refractivity contribution in [1.82, 2.24) is 9.97 Å². The van der Waals surface area contributed by atoms with Gasteiger partial charge in [-0.05, 0) is 24.1 Å². The van der Waals surface area contributed by atoms with E-state index in [1.807, 2.05) is 36.4 Å². The van der Waals surface area contributed by atoms with Gasteiger partial charge in [0.25, 0.3) is 0 Å². The van der Waals surface area contributed by atoms with Gasteiger partial charge in [0.15, 0.2) is 11.6 Å². The van der Waals surface area contributed by atoms with Gasteiger partial charge in [-0.3, -0.25) is 0 Å². The summed E-state index contributed by atoms with van der Waals surface area (Å²) in [6.45, 7) is 0.733. The average Bonchev–Trinajstić information content (AvgIpc) is 2.61. The Kier molecular flexibility index (Phi) is 5.13. The number of para-hydroxylation sites is 1. The van der Waals surface area contributed by atoms with Gasteiger partial charge in [-0.15, -0.1) is 0 Å². The highest BCUT2D eigenvalue weighted by Gasteiger charge is 2.09. The highest BCUT2D eigenvalue weighted by Crippen LogP contribution is 2.29. The van der Waals surface area contributed by atoms with E-state index in [0.717, 1.165) is 18.7 Å². The van der Waals surface area contributed by atoms with Gasteiger partial charge < -0.3 is 16.4 Å². The van der Waals surface area contributed by atoms with Crippen LogP contribution in [0.5, 0.6) is 0 Å². The molecule has 0 atom stereocenters. The first kappa shape index (κ1) is 16.1. The first-order valence-corrected chi connectivity index (χ1v) is 8.01. The van der Waals surface area contributed by atoms with Gasteiger partial charge in [0.1, 0.15) is 12.0 Å². The molecule has 0 fully saturated rings. The largest absolute Gasteiger partial charge is 0.393 e. The van der Waals surface area contributed by atoms with Crippen molar-refractivity contribution >= 4 is 34.6 Å². The van der Waals surface area contributed by atoms with Crippen LogP contribution in [0.4, 0.5) is 23.0 Å². The number of anilines is 4. The lowest BCUT2D eigenvalue weighted by Crippen LogP contribution is -2.10. The topological polar surface area (TPSA) is 75.9 Å². The SMILES string of the molecule is Nc1c(NCCc2ccccc2)ncnc1Nc1ccccc1Cl. The molecule has 0 aliphatic carbocycles. The summed E-state index contributed by atoms with van der Waals surface area (Å²) in [6, 6.07) is 17.7. The number of hydrogen-bond acceptors (Lipinski definition) is 5. The number of rotatable bonds is 6. The van der Waals surface area contributed by atoms with Crippen molar-refractivity contribution < 1.29 is 0 Å². The summed E-state index contributed by atoms with van der Waals surface area (Å²) >= 11 is 6.16. The molecule has 24 heavy (non-hydrogen) atoms. The lowest BCUT2D eigenvalue weighted by atomic mass is 10.1. The fourth-order valence-corrected chi connectivity index (χ4v) is 2.48. The van der Waals surface area contributed by atoms with Gasteiger partial charge in [-0.1, -0.05) is 54.1 Å². The van der Waals surface area contributed by atoms with Crippen LogP contribution in [0, 0.1) is 0 Å². The predicted octanol–water partition coefficient (Wildman–Crippen LogP) is 4.11. The molecule has 0 saturated heterocycles. The summed E-state index contributed by atoms with van der Waals surface area (Å²) in [5, 5.41) is 7.00. The summed E-state index contributed by atoms with van der Waals surface area (Å²) in [5.74, 6) is 1.13. The molecule has 0 amide bonds. The standard InChI is InChI=1S/C18H18ClN5/c19-14-8-4-5-9-15(14)24-18-16(20)17(22-12-23-18)21-11-10-13-6-2-1-3-7-13/h1-9,12H,10-11,20H2,(H2,21,22,23,24). The third-order valence-electron chi connectivity index (χ3n) is 3.56. The smallest absolute Gasteiger partial charge is 0.159 e. The third-order valence-corrected chi connectivity index (χ3v) is 3.89. The molecule has 0 unspecified atom stereocenters. The molecule has 122 valence electrons. The Balaban J connectivity index is 1.68. The van der Waals surface area contributed by atoms with Crippen LogP contribution in [0.2, 0.25) is 5.02 Å². The molecule has 0 saturated carbocycles. The van der Waals surface area contributed by atoms with Crippen molar-refractivity contribution in [3.8, 4) is 0 Å². The number of halogens is 1. The Bertz CT molecular complexity index is 808. The fourth-order valence-electron chi connectivity index (χ4n) is 2.30. The number of benzene rings is 2. The number of aromatic nitrogens is 2. The number of nitrogens with one attached hydrogen (secondary N) is 2. The van der Waals surface area contributed by atoms with E-state index in [-0.39, 0.29) is 0 Å². The van der Waals surface area contributed by atoms with Gasteiger partial charge in [0.2, 0.25) is 0 Å². The molecule has 3 aromatic rings. The van der Waals surface area contributed by atoms with Crippen LogP contribution in [-0.4, -0.2) is 16.5 Å². The van der Waals surface area contributed by atoms with Crippen molar-refractivity contribution in [2.45, 2.75) is 6.42 Å². The Morgan fingerprint density at radius 3 is 2.42 bits per heavy atom. The van der Waals surface area contributed by atoms with Crippen LogP contribution in [0.25, 0.3) is 0 Å². The van der Waals surface area contributed by atoms with Crippen LogP contribution < -0.4 is 16.4 Å². The predicted molar refractivity (Wildman–Crippen MR) is 99.8 cm³/mol. The molecular weight excluding hydrogens is 322 g/mol. The molecular formula is C18H18ClN5. The van der Waals surface area contributed by atoms with E-state index in [1.165, 1.54) is 11.9 Å². The van der Waals surface area contributed by atoms with Crippen molar-refractivity contribution in [2.75, 3.05) is 22.9 Å².